The zero-order valence-electron chi connectivity index (χ0n) is 8.87. The van der Waals surface area contributed by atoms with Crippen LogP contribution in [-0.2, 0) is 4.79 Å². The molecule has 9 heteroatoms. The molecule has 2 amide bonds. The number of aliphatic carboxylic acids is 1. The molecule has 1 aromatic rings. The molecule has 0 radical (unpaired) electrons. The molecular weight excluding hydrogens is 246 g/mol. The standard InChI is InChI=1S/C8H11N5O3S/c14-6(15)5-2-1-3-13(4-5)8(16)9-7-10-11-12-17-7/h5H,1-4H2,(H,14,15)(H,9,10,12,16). The Labute approximate surface area is 101 Å². The lowest BCUT2D eigenvalue weighted by molar-refractivity contribution is -0.143. The van der Waals surface area contributed by atoms with Gasteiger partial charge in [-0.1, -0.05) is 9.59 Å². The summed E-state index contributed by atoms with van der Waals surface area (Å²) in [6.45, 7) is 0.787. The zero-order chi connectivity index (χ0) is 12.3. The van der Waals surface area contributed by atoms with Gasteiger partial charge in [0.15, 0.2) is 0 Å². The van der Waals surface area contributed by atoms with Gasteiger partial charge in [0.1, 0.15) is 0 Å². The van der Waals surface area contributed by atoms with Gasteiger partial charge in [0.2, 0.25) is 5.13 Å². The van der Waals surface area contributed by atoms with E-state index >= 15 is 0 Å². The highest BCUT2D eigenvalue weighted by Gasteiger charge is 2.28. The molecule has 2 heterocycles. The number of likely N-dealkylation sites (tertiary alicyclic amines) is 1. The van der Waals surface area contributed by atoms with Crippen molar-refractivity contribution >= 4 is 28.7 Å². The lowest BCUT2D eigenvalue weighted by atomic mass is 9.99. The fourth-order valence-corrected chi connectivity index (χ4v) is 2.07. The van der Waals surface area contributed by atoms with E-state index in [2.05, 4.69) is 20.1 Å². The Balaban J connectivity index is 1.93. The van der Waals surface area contributed by atoms with Gasteiger partial charge in [-0.25, -0.2) is 4.79 Å². The number of rotatable bonds is 2. The van der Waals surface area contributed by atoms with E-state index in [1.54, 1.807) is 0 Å². The van der Waals surface area contributed by atoms with Crippen LogP contribution in [0.2, 0.25) is 0 Å². The average Bonchev–Trinajstić information content (AvgIpc) is 2.82. The van der Waals surface area contributed by atoms with Crippen LogP contribution in [0.5, 0.6) is 0 Å². The summed E-state index contributed by atoms with van der Waals surface area (Å²) >= 11 is 0.975. The molecule has 0 aromatic carbocycles. The minimum absolute atomic E-state index is 0.230. The minimum Gasteiger partial charge on any atom is -0.481 e. The fourth-order valence-electron chi connectivity index (χ4n) is 1.72. The van der Waals surface area contributed by atoms with Gasteiger partial charge in [0, 0.05) is 24.6 Å². The Kier molecular flexibility index (Phi) is 3.47. The van der Waals surface area contributed by atoms with Crippen LogP contribution in [-0.4, -0.2) is 49.9 Å². The van der Waals surface area contributed by atoms with Crippen molar-refractivity contribution in [3.63, 3.8) is 0 Å². The largest absolute Gasteiger partial charge is 0.481 e. The van der Waals surface area contributed by atoms with E-state index in [1.807, 2.05) is 0 Å². The third-order valence-corrected chi connectivity index (χ3v) is 3.08. The number of anilines is 1. The summed E-state index contributed by atoms with van der Waals surface area (Å²) in [4.78, 5) is 24.1. The minimum atomic E-state index is -0.861. The molecule has 0 aliphatic carbocycles. The van der Waals surface area contributed by atoms with Crippen LogP contribution >= 0.6 is 11.5 Å². The Hall–Kier alpha value is -1.77. The fraction of sp³-hybridized carbons (Fsp3) is 0.625. The van der Waals surface area contributed by atoms with Gasteiger partial charge in [-0.05, 0) is 18.1 Å². The maximum Gasteiger partial charge on any atom is 0.323 e. The van der Waals surface area contributed by atoms with Gasteiger partial charge in [-0.3, -0.25) is 10.1 Å². The van der Waals surface area contributed by atoms with E-state index in [0.717, 1.165) is 11.5 Å². The van der Waals surface area contributed by atoms with Gasteiger partial charge in [0.05, 0.1) is 5.92 Å². The van der Waals surface area contributed by atoms with E-state index in [-0.39, 0.29) is 12.6 Å². The first kappa shape index (κ1) is 11.7. The number of piperidine rings is 1. The number of hydrogen-bond donors (Lipinski definition) is 2. The van der Waals surface area contributed by atoms with E-state index in [1.165, 1.54) is 4.90 Å². The normalized spacial score (nSPS) is 20.0. The van der Waals surface area contributed by atoms with Crippen molar-refractivity contribution < 1.29 is 14.7 Å². The molecule has 2 N–H and O–H groups in total. The highest BCUT2D eigenvalue weighted by atomic mass is 32.1. The van der Waals surface area contributed by atoms with Crippen molar-refractivity contribution in [1.82, 2.24) is 19.7 Å². The van der Waals surface area contributed by atoms with Crippen molar-refractivity contribution in [2.24, 2.45) is 5.92 Å². The third kappa shape index (κ3) is 2.87. The smallest absolute Gasteiger partial charge is 0.323 e. The van der Waals surface area contributed by atoms with Crippen molar-refractivity contribution in [2.45, 2.75) is 12.8 Å². The van der Waals surface area contributed by atoms with E-state index in [9.17, 15) is 9.59 Å². The first-order valence-corrected chi connectivity index (χ1v) is 5.88. The number of carbonyl (C=O) groups is 2. The van der Waals surface area contributed by atoms with Gasteiger partial charge < -0.3 is 10.0 Å². The molecule has 1 aliphatic heterocycles. The lowest BCUT2D eigenvalue weighted by Gasteiger charge is -2.30. The number of nitrogens with one attached hydrogen (secondary N) is 1. The Bertz CT molecular complexity index is 409. The summed E-state index contributed by atoms with van der Waals surface area (Å²) in [7, 11) is 0. The zero-order valence-corrected chi connectivity index (χ0v) is 9.68. The number of carbonyl (C=O) groups excluding carboxylic acids is 1. The molecule has 1 aliphatic rings. The summed E-state index contributed by atoms with van der Waals surface area (Å²) in [6.07, 6.45) is 1.30. The van der Waals surface area contributed by atoms with E-state index < -0.39 is 11.9 Å². The van der Waals surface area contributed by atoms with E-state index in [4.69, 9.17) is 5.11 Å². The molecule has 2 rings (SSSR count). The van der Waals surface area contributed by atoms with Gasteiger partial charge in [-0.15, -0.1) is 0 Å². The van der Waals surface area contributed by atoms with E-state index in [0.29, 0.717) is 24.5 Å². The number of amides is 2. The van der Waals surface area contributed by atoms with Crippen LogP contribution < -0.4 is 5.32 Å². The van der Waals surface area contributed by atoms with Crippen molar-refractivity contribution in [3.8, 4) is 0 Å². The second kappa shape index (κ2) is 5.04. The monoisotopic (exact) mass is 257 g/mol. The summed E-state index contributed by atoms with van der Waals surface area (Å²) in [5.41, 5.74) is 0. The van der Waals surface area contributed by atoms with Crippen LogP contribution in [0.3, 0.4) is 0 Å². The number of hydrogen-bond acceptors (Lipinski definition) is 6. The van der Waals surface area contributed by atoms with Crippen molar-refractivity contribution in [2.75, 3.05) is 18.4 Å². The van der Waals surface area contributed by atoms with Crippen LogP contribution in [0.4, 0.5) is 9.93 Å². The molecule has 1 aromatic heterocycles. The number of carboxylic acids is 1. The number of aromatic nitrogens is 3. The predicted molar refractivity (Wildman–Crippen MR) is 58.7 cm³/mol. The molecule has 0 bridgehead atoms. The highest BCUT2D eigenvalue weighted by Crippen LogP contribution is 2.17. The maximum absolute atomic E-state index is 11.8. The Morgan fingerprint density at radius 1 is 1.53 bits per heavy atom. The molecule has 1 saturated heterocycles. The van der Waals surface area contributed by atoms with Crippen LogP contribution in [0, 0.1) is 5.92 Å². The topological polar surface area (TPSA) is 108 Å². The van der Waals surface area contributed by atoms with Crippen LogP contribution in [0.1, 0.15) is 12.8 Å². The summed E-state index contributed by atoms with van der Waals surface area (Å²) in [6, 6.07) is -0.352. The third-order valence-electron chi connectivity index (χ3n) is 2.57. The molecular formula is C8H11N5O3S. The Morgan fingerprint density at radius 3 is 3.00 bits per heavy atom. The highest BCUT2D eigenvalue weighted by molar-refractivity contribution is 7.09. The molecule has 92 valence electrons. The SMILES string of the molecule is O=C(O)C1CCCN(C(=O)Nc2nnns2)C1. The first-order valence-electron chi connectivity index (χ1n) is 5.10. The summed E-state index contributed by atoms with van der Waals surface area (Å²) in [5, 5.41) is 18.7. The molecule has 17 heavy (non-hydrogen) atoms. The second-order valence-electron chi connectivity index (χ2n) is 3.72. The molecule has 1 unspecified atom stereocenters. The molecule has 8 nitrogen and oxygen atoms in total. The lowest BCUT2D eigenvalue weighted by Crippen LogP contribution is -2.44. The second-order valence-corrected chi connectivity index (χ2v) is 4.45. The average molecular weight is 257 g/mol. The number of carboxylic acid groups (broad SMARTS) is 1. The molecule has 1 atom stereocenters. The van der Waals surface area contributed by atoms with Crippen LogP contribution in [0.15, 0.2) is 0 Å². The van der Waals surface area contributed by atoms with Gasteiger partial charge in [0.25, 0.3) is 0 Å². The summed E-state index contributed by atoms with van der Waals surface area (Å²) < 4.78 is 3.52. The van der Waals surface area contributed by atoms with Gasteiger partial charge in [-0.2, -0.15) is 0 Å². The maximum atomic E-state index is 11.8. The van der Waals surface area contributed by atoms with Crippen LogP contribution in [0.25, 0.3) is 0 Å². The molecule has 0 saturated carbocycles. The number of urea groups is 1. The molecule has 0 spiro atoms. The van der Waals surface area contributed by atoms with Gasteiger partial charge >= 0.3 is 12.0 Å². The first-order chi connectivity index (χ1) is 8.16. The number of nitrogens with zero attached hydrogens (tertiary/aromatic N) is 4. The summed E-state index contributed by atoms with van der Waals surface area (Å²) in [5.74, 6) is -1.35. The molecule has 1 fully saturated rings. The quantitative estimate of drug-likeness (QED) is 0.786. The Morgan fingerprint density at radius 2 is 2.35 bits per heavy atom. The predicted octanol–water partition coefficient (Wildman–Crippen LogP) is 0.262. The van der Waals surface area contributed by atoms with Crippen molar-refractivity contribution in [3.05, 3.63) is 0 Å². The van der Waals surface area contributed by atoms with Crippen molar-refractivity contribution in [1.29, 1.82) is 0 Å².